The van der Waals surface area contributed by atoms with Gasteiger partial charge in [0.15, 0.2) is 5.96 Å². The van der Waals surface area contributed by atoms with Crippen LogP contribution in [0.15, 0.2) is 4.99 Å². The van der Waals surface area contributed by atoms with Crippen molar-refractivity contribution in [2.75, 3.05) is 13.7 Å². The maximum absolute atomic E-state index is 12.2. The van der Waals surface area contributed by atoms with Crippen LogP contribution in [0.25, 0.3) is 0 Å². The zero-order valence-corrected chi connectivity index (χ0v) is 11.5. The molecular weight excluding hydrogens is 230 g/mol. The lowest BCUT2D eigenvalue weighted by atomic mass is 9.79. The average molecular weight is 253 g/mol. The van der Waals surface area contributed by atoms with Crippen LogP contribution in [-0.2, 0) is 9.53 Å². The van der Waals surface area contributed by atoms with Crippen molar-refractivity contribution in [3.63, 3.8) is 0 Å². The zero-order chi connectivity index (χ0) is 13.2. The topological polar surface area (TPSA) is 62.7 Å². The fraction of sp³-hybridized carbons (Fsp3) is 0.846. The van der Waals surface area contributed by atoms with Crippen LogP contribution in [-0.4, -0.2) is 37.2 Å². The first-order valence-electron chi connectivity index (χ1n) is 6.75. The molecule has 0 bridgehead atoms. The largest absolute Gasteiger partial charge is 0.378 e. The van der Waals surface area contributed by atoms with E-state index in [4.69, 9.17) is 4.74 Å². The van der Waals surface area contributed by atoms with Gasteiger partial charge in [0, 0.05) is 13.7 Å². The Labute approximate surface area is 108 Å². The summed E-state index contributed by atoms with van der Waals surface area (Å²) in [6.07, 6.45) is 3.86. The number of hydrogen-bond donors (Lipinski definition) is 2. The Kier molecular flexibility index (Phi) is 3.90. The van der Waals surface area contributed by atoms with Crippen molar-refractivity contribution in [3.8, 4) is 0 Å². The summed E-state index contributed by atoms with van der Waals surface area (Å²) in [6, 6.07) is 0. The molecule has 0 radical (unpaired) electrons. The standard InChI is InChI=1S/C13H23N3O2/c1-9(2)8-14-12-15-11(17)13(16-12)7-5-4-6-10(13)18-3/h9-10H,4-8H2,1-3H3,(H2,14,15,16,17). The van der Waals surface area contributed by atoms with Gasteiger partial charge in [0.1, 0.15) is 5.54 Å². The number of nitrogens with zero attached hydrogens (tertiary/aromatic N) is 1. The van der Waals surface area contributed by atoms with E-state index in [1.165, 1.54) is 0 Å². The third-order valence-corrected chi connectivity index (χ3v) is 3.71. The van der Waals surface area contributed by atoms with E-state index in [9.17, 15) is 4.79 Å². The number of carbonyl (C=O) groups excluding carboxylic acids is 1. The van der Waals surface area contributed by atoms with Crippen LogP contribution >= 0.6 is 0 Å². The summed E-state index contributed by atoms with van der Waals surface area (Å²) >= 11 is 0. The van der Waals surface area contributed by atoms with Crippen LogP contribution in [0.2, 0.25) is 0 Å². The second kappa shape index (κ2) is 5.26. The van der Waals surface area contributed by atoms with Crippen molar-refractivity contribution in [3.05, 3.63) is 0 Å². The molecule has 18 heavy (non-hydrogen) atoms. The molecule has 1 saturated carbocycles. The molecule has 5 heteroatoms. The summed E-state index contributed by atoms with van der Waals surface area (Å²) in [5, 5.41) is 6.13. The molecular formula is C13H23N3O2. The molecule has 1 aliphatic heterocycles. The molecule has 2 atom stereocenters. The van der Waals surface area contributed by atoms with Gasteiger partial charge in [0.2, 0.25) is 0 Å². The number of hydrogen-bond acceptors (Lipinski definition) is 3. The molecule has 1 spiro atoms. The summed E-state index contributed by atoms with van der Waals surface area (Å²) in [5.41, 5.74) is -0.594. The molecule has 0 aromatic carbocycles. The quantitative estimate of drug-likeness (QED) is 0.790. The number of amides is 1. The van der Waals surface area contributed by atoms with E-state index in [0.717, 1.165) is 32.2 Å². The Hall–Kier alpha value is -1.10. The Morgan fingerprint density at radius 3 is 2.94 bits per heavy atom. The first-order chi connectivity index (χ1) is 8.58. The number of nitrogens with one attached hydrogen (secondary N) is 2. The van der Waals surface area contributed by atoms with Gasteiger partial charge in [-0.05, 0) is 18.8 Å². The maximum Gasteiger partial charge on any atom is 0.255 e. The SMILES string of the molecule is COC1CCCCC12NC(=NCC(C)C)NC2=O. The molecule has 102 valence electrons. The fourth-order valence-corrected chi connectivity index (χ4v) is 2.73. The summed E-state index contributed by atoms with van der Waals surface area (Å²) in [5.74, 6) is 1.10. The van der Waals surface area contributed by atoms with Gasteiger partial charge in [-0.1, -0.05) is 26.7 Å². The lowest BCUT2D eigenvalue weighted by Crippen LogP contribution is -2.58. The molecule has 2 N–H and O–H groups in total. The lowest BCUT2D eigenvalue weighted by Gasteiger charge is -2.37. The number of methoxy groups -OCH3 is 1. The summed E-state index contributed by atoms with van der Waals surface area (Å²) < 4.78 is 5.49. The molecule has 2 unspecified atom stereocenters. The fourth-order valence-electron chi connectivity index (χ4n) is 2.73. The summed E-state index contributed by atoms with van der Waals surface area (Å²) in [7, 11) is 1.68. The minimum atomic E-state index is -0.594. The molecule has 1 heterocycles. The minimum absolute atomic E-state index is 0.0107. The summed E-state index contributed by atoms with van der Waals surface area (Å²) in [6.45, 7) is 4.93. The molecule has 0 aromatic heterocycles. The number of guanidine groups is 1. The van der Waals surface area contributed by atoms with Crippen molar-refractivity contribution in [2.24, 2.45) is 10.9 Å². The van der Waals surface area contributed by atoms with Crippen LogP contribution in [0.4, 0.5) is 0 Å². The van der Waals surface area contributed by atoms with Crippen LogP contribution < -0.4 is 10.6 Å². The maximum atomic E-state index is 12.2. The van der Waals surface area contributed by atoms with Crippen LogP contribution in [0.3, 0.4) is 0 Å². The van der Waals surface area contributed by atoms with Crippen LogP contribution in [0.1, 0.15) is 39.5 Å². The molecule has 2 rings (SSSR count). The predicted molar refractivity (Wildman–Crippen MR) is 70.4 cm³/mol. The monoisotopic (exact) mass is 253 g/mol. The average Bonchev–Trinajstić information content (AvgIpc) is 2.65. The van der Waals surface area contributed by atoms with Gasteiger partial charge >= 0.3 is 0 Å². The van der Waals surface area contributed by atoms with Crippen LogP contribution in [0.5, 0.6) is 0 Å². The van der Waals surface area contributed by atoms with Gasteiger partial charge in [-0.2, -0.15) is 0 Å². The van der Waals surface area contributed by atoms with Gasteiger partial charge in [-0.25, -0.2) is 0 Å². The molecule has 1 amide bonds. The molecule has 5 nitrogen and oxygen atoms in total. The van der Waals surface area contributed by atoms with E-state index in [1.54, 1.807) is 7.11 Å². The number of rotatable bonds is 3. The zero-order valence-electron chi connectivity index (χ0n) is 11.5. The smallest absolute Gasteiger partial charge is 0.255 e. The Morgan fingerprint density at radius 1 is 1.50 bits per heavy atom. The molecule has 2 fully saturated rings. The lowest BCUT2D eigenvalue weighted by molar-refractivity contribution is -0.131. The van der Waals surface area contributed by atoms with Crippen molar-refractivity contribution in [1.82, 2.24) is 10.6 Å². The van der Waals surface area contributed by atoms with Gasteiger partial charge in [0.05, 0.1) is 6.10 Å². The van der Waals surface area contributed by atoms with Crippen LogP contribution in [0, 0.1) is 5.92 Å². The van der Waals surface area contributed by atoms with Crippen molar-refractivity contribution in [1.29, 1.82) is 0 Å². The minimum Gasteiger partial charge on any atom is -0.378 e. The highest BCUT2D eigenvalue weighted by atomic mass is 16.5. The molecule has 2 aliphatic rings. The van der Waals surface area contributed by atoms with Gasteiger partial charge in [-0.3, -0.25) is 15.1 Å². The van der Waals surface area contributed by atoms with E-state index in [-0.39, 0.29) is 12.0 Å². The van der Waals surface area contributed by atoms with Gasteiger partial charge in [0.25, 0.3) is 5.91 Å². The Bertz CT molecular complexity index is 354. The third kappa shape index (κ3) is 2.36. The van der Waals surface area contributed by atoms with Crippen molar-refractivity contribution in [2.45, 2.75) is 51.2 Å². The van der Waals surface area contributed by atoms with Gasteiger partial charge < -0.3 is 10.1 Å². The molecule has 0 aromatic rings. The number of ether oxygens (including phenoxy) is 1. The molecule has 1 aliphatic carbocycles. The van der Waals surface area contributed by atoms with Crippen molar-refractivity contribution < 1.29 is 9.53 Å². The van der Waals surface area contributed by atoms with Gasteiger partial charge in [-0.15, -0.1) is 0 Å². The normalized spacial score (nSPS) is 34.1. The second-order valence-corrected chi connectivity index (χ2v) is 5.60. The predicted octanol–water partition coefficient (Wildman–Crippen LogP) is 1.05. The third-order valence-electron chi connectivity index (χ3n) is 3.71. The first kappa shape index (κ1) is 13.3. The van der Waals surface area contributed by atoms with E-state index < -0.39 is 5.54 Å². The highest BCUT2D eigenvalue weighted by molar-refractivity contribution is 6.09. The number of aliphatic imine (C=N–C) groups is 1. The first-order valence-corrected chi connectivity index (χ1v) is 6.75. The Balaban J connectivity index is 2.13. The van der Waals surface area contributed by atoms with E-state index in [0.29, 0.717) is 11.9 Å². The molecule has 1 saturated heterocycles. The summed E-state index contributed by atoms with van der Waals surface area (Å²) in [4.78, 5) is 16.7. The highest BCUT2D eigenvalue weighted by Crippen LogP contribution is 2.32. The van der Waals surface area contributed by atoms with E-state index in [1.807, 2.05) is 0 Å². The van der Waals surface area contributed by atoms with Crippen molar-refractivity contribution >= 4 is 11.9 Å². The Morgan fingerprint density at radius 2 is 2.28 bits per heavy atom. The number of carbonyl (C=O) groups is 1. The second-order valence-electron chi connectivity index (χ2n) is 5.60. The van der Waals surface area contributed by atoms with E-state index >= 15 is 0 Å². The van der Waals surface area contributed by atoms with E-state index in [2.05, 4.69) is 29.5 Å². The highest BCUT2D eigenvalue weighted by Gasteiger charge is 2.52.